The van der Waals surface area contributed by atoms with Crippen LogP contribution in [0.2, 0.25) is 0 Å². The SMILES string of the molecule is CCCCNC(=O)C(Cc1ccccc1)N(Cc1ccccc1F)C(=O)Cc1ccccc1F. The molecule has 0 aliphatic carbocycles. The van der Waals surface area contributed by atoms with E-state index in [-0.39, 0.29) is 30.9 Å². The minimum Gasteiger partial charge on any atom is -0.354 e. The monoisotopic (exact) mass is 464 g/mol. The van der Waals surface area contributed by atoms with Crippen LogP contribution in [0.4, 0.5) is 8.78 Å². The van der Waals surface area contributed by atoms with E-state index in [1.54, 1.807) is 36.4 Å². The second-order valence-corrected chi connectivity index (χ2v) is 8.23. The van der Waals surface area contributed by atoms with Gasteiger partial charge in [0.2, 0.25) is 11.8 Å². The molecule has 0 radical (unpaired) electrons. The Hall–Kier alpha value is -3.54. The van der Waals surface area contributed by atoms with E-state index in [1.165, 1.54) is 17.0 Å². The maximum atomic E-state index is 14.5. The van der Waals surface area contributed by atoms with E-state index in [0.29, 0.717) is 12.1 Å². The number of carbonyl (C=O) groups excluding carboxylic acids is 2. The molecule has 1 atom stereocenters. The zero-order valence-corrected chi connectivity index (χ0v) is 19.3. The Morgan fingerprint density at radius 2 is 1.44 bits per heavy atom. The van der Waals surface area contributed by atoms with E-state index in [0.717, 1.165) is 18.4 Å². The van der Waals surface area contributed by atoms with E-state index < -0.39 is 23.6 Å². The summed E-state index contributed by atoms with van der Waals surface area (Å²) in [6, 6.07) is 20.7. The molecule has 3 aromatic carbocycles. The summed E-state index contributed by atoms with van der Waals surface area (Å²) in [5, 5.41) is 2.91. The van der Waals surface area contributed by atoms with Crippen LogP contribution >= 0.6 is 0 Å². The van der Waals surface area contributed by atoms with Crippen LogP contribution in [0.15, 0.2) is 78.9 Å². The first-order chi connectivity index (χ1) is 16.5. The van der Waals surface area contributed by atoms with Crippen molar-refractivity contribution in [1.29, 1.82) is 0 Å². The topological polar surface area (TPSA) is 49.4 Å². The molecule has 0 aliphatic heterocycles. The molecule has 0 saturated carbocycles. The highest BCUT2D eigenvalue weighted by Crippen LogP contribution is 2.19. The molecule has 34 heavy (non-hydrogen) atoms. The van der Waals surface area contributed by atoms with E-state index >= 15 is 0 Å². The van der Waals surface area contributed by atoms with Crippen LogP contribution in [0.3, 0.4) is 0 Å². The first-order valence-corrected chi connectivity index (χ1v) is 11.6. The number of nitrogens with one attached hydrogen (secondary N) is 1. The first-order valence-electron chi connectivity index (χ1n) is 11.6. The average Bonchev–Trinajstić information content (AvgIpc) is 2.84. The van der Waals surface area contributed by atoms with Gasteiger partial charge < -0.3 is 10.2 Å². The molecule has 3 rings (SSSR count). The Bertz CT molecular complexity index is 1090. The summed E-state index contributed by atoms with van der Waals surface area (Å²) in [6.45, 7) is 2.41. The normalized spacial score (nSPS) is 11.6. The fraction of sp³-hybridized carbons (Fsp3) is 0.286. The molecule has 178 valence electrons. The van der Waals surface area contributed by atoms with Crippen molar-refractivity contribution in [3.05, 3.63) is 107 Å². The molecule has 0 aliphatic rings. The molecule has 3 aromatic rings. The number of benzene rings is 3. The highest BCUT2D eigenvalue weighted by atomic mass is 19.1. The molecule has 0 bridgehead atoms. The maximum Gasteiger partial charge on any atom is 0.243 e. The van der Waals surface area contributed by atoms with Crippen molar-refractivity contribution in [2.24, 2.45) is 0 Å². The van der Waals surface area contributed by atoms with Gasteiger partial charge in [-0.25, -0.2) is 8.78 Å². The van der Waals surface area contributed by atoms with Crippen LogP contribution in [0.5, 0.6) is 0 Å². The molecule has 0 heterocycles. The van der Waals surface area contributed by atoms with Gasteiger partial charge in [0.1, 0.15) is 17.7 Å². The van der Waals surface area contributed by atoms with E-state index in [1.807, 2.05) is 37.3 Å². The summed E-state index contributed by atoms with van der Waals surface area (Å²) < 4.78 is 28.9. The molecule has 0 spiro atoms. The number of halogens is 2. The van der Waals surface area contributed by atoms with Crippen LogP contribution in [-0.4, -0.2) is 29.3 Å². The summed E-state index contributed by atoms with van der Waals surface area (Å²) in [5.74, 6) is -1.71. The van der Waals surface area contributed by atoms with Crippen LogP contribution in [0.25, 0.3) is 0 Å². The van der Waals surface area contributed by atoms with Crippen molar-refractivity contribution in [3.8, 4) is 0 Å². The summed E-state index contributed by atoms with van der Waals surface area (Å²) >= 11 is 0. The Labute approximate surface area is 199 Å². The van der Waals surface area contributed by atoms with Crippen LogP contribution in [0, 0.1) is 11.6 Å². The van der Waals surface area contributed by atoms with Crippen molar-refractivity contribution < 1.29 is 18.4 Å². The van der Waals surface area contributed by atoms with Gasteiger partial charge >= 0.3 is 0 Å². The van der Waals surface area contributed by atoms with Gasteiger partial charge in [-0.2, -0.15) is 0 Å². The molecule has 0 fully saturated rings. The lowest BCUT2D eigenvalue weighted by Crippen LogP contribution is -2.51. The second kappa shape index (κ2) is 12.6. The van der Waals surface area contributed by atoms with E-state index in [2.05, 4.69) is 5.32 Å². The predicted octanol–water partition coefficient (Wildman–Crippen LogP) is 5.06. The highest BCUT2D eigenvalue weighted by Gasteiger charge is 2.31. The van der Waals surface area contributed by atoms with Gasteiger partial charge in [0.15, 0.2) is 0 Å². The Morgan fingerprint density at radius 3 is 2.06 bits per heavy atom. The Kier molecular flexibility index (Phi) is 9.32. The van der Waals surface area contributed by atoms with Gasteiger partial charge in [0.05, 0.1) is 6.42 Å². The van der Waals surface area contributed by atoms with Gasteiger partial charge in [-0.3, -0.25) is 9.59 Å². The quantitative estimate of drug-likeness (QED) is 0.403. The molecule has 2 amide bonds. The van der Waals surface area contributed by atoms with E-state index in [4.69, 9.17) is 0 Å². The lowest BCUT2D eigenvalue weighted by atomic mass is 10.0. The third kappa shape index (κ3) is 6.98. The number of unbranched alkanes of at least 4 members (excludes halogenated alkanes) is 1. The number of nitrogens with zero attached hydrogens (tertiary/aromatic N) is 1. The molecular weight excluding hydrogens is 434 g/mol. The van der Waals surface area contributed by atoms with Gasteiger partial charge in [0, 0.05) is 25.1 Å². The smallest absolute Gasteiger partial charge is 0.243 e. The molecule has 4 nitrogen and oxygen atoms in total. The third-order valence-electron chi connectivity index (χ3n) is 5.70. The molecule has 1 N–H and O–H groups in total. The summed E-state index contributed by atoms with van der Waals surface area (Å²) in [4.78, 5) is 28.2. The predicted molar refractivity (Wildman–Crippen MR) is 129 cm³/mol. The van der Waals surface area contributed by atoms with Crippen molar-refractivity contribution >= 4 is 11.8 Å². The average molecular weight is 465 g/mol. The minimum atomic E-state index is -0.877. The molecular formula is C28H30F2N2O2. The lowest BCUT2D eigenvalue weighted by Gasteiger charge is -2.32. The first kappa shape index (κ1) is 25.1. The molecule has 0 saturated heterocycles. The largest absolute Gasteiger partial charge is 0.354 e. The number of amides is 2. The fourth-order valence-electron chi connectivity index (χ4n) is 3.78. The maximum absolute atomic E-state index is 14.5. The highest BCUT2D eigenvalue weighted by molar-refractivity contribution is 5.88. The number of carbonyl (C=O) groups is 2. The standard InChI is InChI=1S/C28H30F2N2O2/c1-2-3-17-31-28(34)26(18-21-11-5-4-6-12-21)32(20-23-14-8-10-16-25(23)30)27(33)19-22-13-7-9-15-24(22)29/h4-16,26H,2-3,17-20H2,1H3,(H,31,34). The summed E-state index contributed by atoms with van der Waals surface area (Å²) in [7, 11) is 0. The van der Waals surface area contributed by atoms with Crippen molar-refractivity contribution in [2.75, 3.05) is 6.54 Å². The van der Waals surface area contributed by atoms with Gasteiger partial charge in [-0.05, 0) is 29.7 Å². The fourth-order valence-corrected chi connectivity index (χ4v) is 3.78. The zero-order chi connectivity index (χ0) is 24.3. The van der Waals surface area contributed by atoms with Gasteiger partial charge in [-0.15, -0.1) is 0 Å². The molecule has 6 heteroatoms. The minimum absolute atomic E-state index is 0.0986. The lowest BCUT2D eigenvalue weighted by molar-refractivity contribution is -0.140. The Balaban J connectivity index is 1.96. The number of hydrogen-bond acceptors (Lipinski definition) is 2. The number of rotatable bonds is 11. The molecule has 0 aromatic heterocycles. The van der Waals surface area contributed by atoms with Crippen molar-refractivity contribution in [2.45, 2.75) is 45.2 Å². The third-order valence-corrected chi connectivity index (χ3v) is 5.70. The van der Waals surface area contributed by atoms with Crippen molar-refractivity contribution in [1.82, 2.24) is 10.2 Å². The Morgan fingerprint density at radius 1 is 0.853 bits per heavy atom. The van der Waals surface area contributed by atoms with Crippen LogP contribution in [-0.2, 0) is 29.0 Å². The van der Waals surface area contributed by atoms with Gasteiger partial charge in [-0.1, -0.05) is 80.1 Å². The zero-order valence-electron chi connectivity index (χ0n) is 19.3. The summed E-state index contributed by atoms with van der Waals surface area (Å²) in [6.07, 6.45) is 1.75. The van der Waals surface area contributed by atoms with Crippen molar-refractivity contribution in [3.63, 3.8) is 0 Å². The summed E-state index contributed by atoms with van der Waals surface area (Å²) in [5.41, 5.74) is 1.40. The molecule has 1 unspecified atom stereocenters. The second-order valence-electron chi connectivity index (χ2n) is 8.23. The van der Waals surface area contributed by atoms with Gasteiger partial charge in [0.25, 0.3) is 0 Å². The van der Waals surface area contributed by atoms with Crippen LogP contribution < -0.4 is 5.32 Å². The van der Waals surface area contributed by atoms with E-state index in [9.17, 15) is 18.4 Å². The number of hydrogen-bond donors (Lipinski definition) is 1. The van der Waals surface area contributed by atoms with Crippen LogP contribution in [0.1, 0.15) is 36.5 Å².